The lowest BCUT2D eigenvalue weighted by Gasteiger charge is -2.20. The molecule has 34 heavy (non-hydrogen) atoms. The molecule has 1 aliphatic rings. The number of nitrogens with one attached hydrogen (secondary N) is 3. The third-order valence-electron chi connectivity index (χ3n) is 6.45. The molecule has 1 unspecified atom stereocenters. The number of rotatable bonds is 11. The number of aromatic amines is 1. The molecular weight excluding hydrogens is 428 g/mol. The zero-order chi connectivity index (χ0) is 23.8. The number of carbonyl (C=O) groups is 2. The van der Waals surface area contributed by atoms with E-state index in [1.54, 1.807) is 13.2 Å². The standard InChI is InChI=1S/C26H34N6O2/c1-27-24(33)8-4-2-3-7-22(30-25(34)18-32-13-5-6-14-32)26-29-17-23(31-26)20-10-9-19-11-12-28-16-21(19)15-20/h9-12,15-17,22H,2-8,13-14,18H2,1H3,(H,27,33)(H,29,31)(H,30,34). The van der Waals surface area contributed by atoms with E-state index in [1.165, 1.54) is 0 Å². The largest absolute Gasteiger partial charge is 0.359 e. The van der Waals surface area contributed by atoms with Gasteiger partial charge in [-0.1, -0.05) is 25.0 Å². The molecule has 0 aliphatic carbocycles. The third kappa shape index (κ3) is 6.41. The van der Waals surface area contributed by atoms with Crippen LogP contribution < -0.4 is 10.6 Å². The fraction of sp³-hybridized carbons (Fsp3) is 0.462. The molecule has 8 nitrogen and oxygen atoms in total. The number of H-pyrrole nitrogens is 1. The Bertz CT molecular complexity index is 1110. The second kappa shape index (κ2) is 11.7. The van der Waals surface area contributed by atoms with Crippen molar-refractivity contribution in [2.24, 2.45) is 0 Å². The number of hydrogen-bond acceptors (Lipinski definition) is 5. The fourth-order valence-corrected chi connectivity index (χ4v) is 4.51. The predicted octanol–water partition coefficient (Wildman–Crippen LogP) is 3.57. The predicted molar refractivity (Wildman–Crippen MR) is 133 cm³/mol. The molecule has 0 bridgehead atoms. The Morgan fingerprint density at radius 3 is 2.74 bits per heavy atom. The summed E-state index contributed by atoms with van der Waals surface area (Å²) >= 11 is 0. The van der Waals surface area contributed by atoms with Gasteiger partial charge in [0.2, 0.25) is 11.8 Å². The Morgan fingerprint density at radius 1 is 1.06 bits per heavy atom. The van der Waals surface area contributed by atoms with E-state index in [0.717, 1.165) is 79.5 Å². The zero-order valence-corrected chi connectivity index (χ0v) is 19.8. The lowest BCUT2D eigenvalue weighted by molar-refractivity contribution is -0.123. The van der Waals surface area contributed by atoms with Crippen LogP contribution in [0.15, 0.2) is 42.9 Å². The lowest BCUT2D eigenvalue weighted by atomic mass is 10.1. The second-order valence-electron chi connectivity index (χ2n) is 9.00. The molecule has 1 saturated heterocycles. The highest BCUT2D eigenvalue weighted by molar-refractivity contribution is 5.86. The summed E-state index contributed by atoms with van der Waals surface area (Å²) < 4.78 is 0. The minimum absolute atomic E-state index is 0.0343. The van der Waals surface area contributed by atoms with E-state index in [9.17, 15) is 9.59 Å². The maximum absolute atomic E-state index is 12.8. The van der Waals surface area contributed by atoms with Gasteiger partial charge in [-0.15, -0.1) is 0 Å². The first kappa shape index (κ1) is 23.9. The van der Waals surface area contributed by atoms with Crippen LogP contribution in [0.4, 0.5) is 0 Å². The van der Waals surface area contributed by atoms with Crippen LogP contribution >= 0.6 is 0 Å². The molecule has 8 heteroatoms. The van der Waals surface area contributed by atoms with Gasteiger partial charge in [-0.25, -0.2) is 4.98 Å². The van der Waals surface area contributed by atoms with Crippen molar-refractivity contribution in [1.29, 1.82) is 0 Å². The molecule has 3 heterocycles. The van der Waals surface area contributed by atoms with Crippen LogP contribution in [0.25, 0.3) is 22.0 Å². The van der Waals surface area contributed by atoms with Crippen molar-refractivity contribution in [2.75, 3.05) is 26.7 Å². The minimum atomic E-state index is -0.189. The molecule has 0 radical (unpaired) electrons. The molecular formula is C26H34N6O2. The fourth-order valence-electron chi connectivity index (χ4n) is 4.51. The van der Waals surface area contributed by atoms with Gasteiger partial charge in [0.1, 0.15) is 5.82 Å². The molecule has 4 rings (SSSR count). The number of unbranched alkanes of at least 4 members (excludes halogenated alkanes) is 2. The van der Waals surface area contributed by atoms with E-state index in [2.05, 4.69) is 48.7 Å². The molecule has 2 amide bonds. The highest BCUT2D eigenvalue weighted by atomic mass is 16.2. The van der Waals surface area contributed by atoms with Crippen LogP contribution in [-0.2, 0) is 9.59 Å². The first-order valence-corrected chi connectivity index (χ1v) is 12.2. The third-order valence-corrected chi connectivity index (χ3v) is 6.45. The highest BCUT2D eigenvalue weighted by Gasteiger charge is 2.21. The number of imidazole rings is 1. The Hall–Kier alpha value is -3.26. The van der Waals surface area contributed by atoms with Crippen molar-refractivity contribution >= 4 is 22.6 Å². The van der Waals surface area contributed by atoms with Gasteiger partial charge in [-0.05, 0) is 56.3 Å². The molecule has 1 atom stereocenters. The van der Waals surface area contributed by atoms with Gasteiger partial charge in [-0.3, -0.25) is 19.5 Å². The van der Waals surface area contributed by atoms with Crippen molar-refractivity contribution in [1.82, 2.24) is 30.5 Å². The highest BCUT2D eigenvalue weighted by Crippen LogP contribution is 2.25. The molecule has 3 aromatic rings. The van der Waals surface area contributed by atoms with Crippen LogP contribution in [0, 0.1) is 0 Å². The summed E-state index contributed by atoms with van der Waals surface area (Å²) in [4.78, 5) is 38.7. The van der Waals surface area contributed by atoms with Gasteiger partial charge in [-0.2, -0.15) is 0 Å². The Balaban J connectivity index is 1.43. The Morgan fingerprint density at radius 2 is 1.91 bits per heavy atom. The number of fused-ring (bicyclic) bond motifs is 1. The second-order valence-corrected chi connectivity index (χ2v) is 9.00. The van der Waals surface area contributed by atoms with Gasteiger partial charge in [0.15, 0.2) is 0 Å². The van der Waals surface area contributed by atoms with Crippen molar-refractivity contribution in [3.8, 4) is 11.3 Å². The van der Waals surface area contributed by atoms with E-state index < -0.39 is 0 Å². The van der Waals surface area contributed by atoms with Crippen LogP contribution in [0.2, 0.25) is 0 Å². The quantitative estimate of drug-likeness (QED) is 0.378. The van der Waals surface area contributed by atoms with E-state index in [4.69, 9.17) is 0 Å². The monoisotopic (exact) mass is 462 g/mol. The molecule has 0 spiro atoms. The van der Waals surface area contributed by atoms with Crippen molar-refractivity contribution in [2.45, 2.75) is 51.0 Å². The van der Waals surface area contributed by atoms with Crippen LogP contribution in [0.1, 0.15) is 56.8 Å². The van der Waals surface area contributed by atoms with Gasteiger partial charge in [0.05, 0.1) is 24.5 Å². The van der Waals surface area contributed by atoms with Gasteiger partial charge in [0, 0.05) is 36.8 Å². The van der Waals surface area contributed by atoms with Crippen LogP contribution in [-0.4, -0.2) is 58.3 Å². The van der Waals surface area contributed by atoms with Gasteiger partial charge < -0.3 is 15.6 Å². The van der Waals surface area contributed by atoms with Crippen molar-refractivity contribution in [3.05, 3.63) is 48.7 Å². The number of carbonyl (C=O) groups excluding carboxylic acids is 2. The number of pyridine rings is 1. The molecule has 180 valence electrons. The maximum atomic E-state index is 12.8. The van der Waals surface area contributed by atoms with Crippen LogP contribution in [0.3, 0.4) is 0 Å². The Labute approximate surface area is 200 Å². The molecule has 2 aromatic heterocycles. The minimum Gasteiger partial charge on any atom is -0.359 e. The topological polar surface area (TPSA) is 103 Å². The van der Waals surface area contributed by atoms with E-state index in [1.807, 2.05) is 18.5 Å². The van der Waals surface area contributed by atoms with Gasteiger partial charge >= 0.3 is 0 Å². The molecule has 1 fully saturated rings. The normalized spacial score (nSPS) is 14.9. The summed E-state index contributed by atoms with van der Waals surface area (Å²) in [6.45, 7) is 2.40. The summed E-state index contributed by atoms with van der Waals surface area (Å²) in [6.07, 6.45) is 11.8. The van der Waals surface area contributed by atoms with E-state index >= 15 is 0 Å². The number of aromatic nitrogens is 3. The van der Waals surface area contributed by atoms with E-state index in [-0.39, 0.29) is 17.9 Å². The van der Waals surface area contributed by atoms with Crippen LogP contribution in [0.5, 0.6) is 0 Å². The summed E-state index contributed by atoms with van der Waals surface area (Å²) in [6, 6.07) is 8.05. The summed E-state index contributed by atoms with van der Waals surface area (Å²) in [7, 11) is 1.66. The Kier molecular flexibility index (Phi) is 8.25. The molecule has 0 saturated carbocycles. The molecule has 3 N–H and O–H groups in total. The number of hydrogen-bond donors (Lipinski definition) is 3. The summed E-state index contributed by atoms with van der Waals surface area (Å²) in [5.74, 6) is 0.867. The molecule has 1 aromatic carbocycles. The lowest BCUT2D eigenvalue weighted by Crippen LogP contribution is -2.38. The van der Waals surface area contributed by atoms with E-state index in [0.29, 0.717) is 13.0 Å². The summed E-state index contributed by atoms with van der Waals surface area (Å²) in [5.41, 5.74) is 1.95. The van der Waals surface area contributed by atoms with Crippen molar-refractivity contribution in [3.63, 3.8) is 0 Å². The first-order chi connectivity index (χ1) is 16.6. The van der Waals surface area contributed by atoms with Gasteiger partial charge in [0.25, 0.3) is 0 Å². The summed E-state index contributed by atoms with van der Waals surface area (Å²) in [5, 5.41) is 8.08. The maximum Gasteiger partial charge on any atom is 0.234 e. The smallest absolute Gasteiger partial charge is 0.234 e. The zero-order valence-electron chi connectivity index (χ0n) is 19.8. The molecule has 1 aliphatic heterocycles. The number of benzene rings is 1. The number of likely N-dealkylation sites (tertiary alicyclic amines) is 1. The average Bonchev–Trinajstić information content (AvgIpc) is 3.55. The number of amides is 2. The van der Waals surface area contributed by atoms with Crippen molar-refractivity contribution < 1.29 is 9.59 Å². The average molecular weight is 463 g/mol. The SMILES string of the molecule is CNC(=O)CCCCCC(NC(=O)CN1CCCC1)c1ncc(-c2ccc3ccncc3c2)[nH]1. The first-order valence-electron chi connectivity index (χ1n) is 12.2. The number of nitrogens with zero attached hydrogens (tertiary/aromatic N) is 3.